The van der Waals surface area contributed by atoms with E-state index in [1.807, 2.05) is 40.9 Å². The van der Waals surface area contributed by atoms with Gasteiger partial charge in [0.1, 0.15) is 5.75 Å². The molecule has 0 aliphatic rings. The smallest absolute Gasteiger partial charge is 0.235 e. The minimum Gasteiger partial charge on any atom is -0.497 e. The lowest BCUT2D eigenvalue weighted by atomic mass is 10.1. The normalized spacial score (nSPS) is 11.4. The van der Waals surface area contributed by atoms with E-state index < -0.39 is 0 Å². The fourth-order valence-electron chi connectivity index (χ4n) is 2.99. The summed E-state index contributed by atoms with van der Waals surface area (Å²) < 4.78 is 7.03. The van der Waals surface area contributed by atoms with E-state index in [0.717, 1.165) is 38.3 Å². The van der Waals surface area contributed by atoms with Crippen molar-refractivity contribution in [3.63, 3.8) is 0 Å². The van der Waals surface area contributed by atoms with Crippen molar-refractivity contribution in [1.29, 1.82) is 0 Å². The third-order valence-electron chi connectivity index (χ3n) is 4.34. The number of benzene rings is 2. The molecule has 0 bridgehead atoms. The number of ether oxygens (including phenoxy) is 1. The fourth-order valence-corrected chi connectivity index (χ4v) is 3.82. The molecule has 0 aliphatic heterocycles. The zero-order valence-electron chi connectivity index (χ0n) is 14.0. The molecule has 7 heteroatoms. The molecule has 0 saturated carbocycles. The maximum absolute atomic E-state index is 5.20. The van der Waals surface area contributed by atoms with Crippen LogP contribution < -0.4 is 4.74 Å². The van der Waals surface area contributed by atoms with Crippen LogP contribution in [-0.4, -0.2) is 31.9 Å². The number of para-hydroxylation sites is 1. The Hall–Kier alpha value is -3.19. The molecule has 26 heavy (non-hydrogen) atoms. The second kappa shape index (κ2) is 5.96. The van der Waals surface area contributed by atoms with Crippen LogP contribution in [0.25, 0.3) is 26.6 Å². The van der Waals surface area contributed by atoms with E-state index in [1.54, 1.807) is 7.11 Å². The van der Waals surface area contributed by atoms with Crippen LogP contribution in [0.15, 0.2) is 54.6 Å². The molecule has 0 fully saturated rings. The average Bonchev–Trinajstić information content (AvgIpc) is 3.36. The molecule has 5 aromatic rings. The van der Waals surface area contributed by atoms with Gasteiger partial charge in [0.05, 0.1) is 12.8 Å². The van der Waals surface area contributed by atoms with Crippen LogP contribution in [-0.2, 0) is 6.42 Å². The lowest BCUT2D eigenvalue weighted by molar-refractivity contribution is 0.414. The van der Waals surface area contributed by atoms with Gasteiger partial charge in [-0.3, -0.25) is 0 Å². The highest BCUT2D eigenvalue weighted by Gasteiger charge is 2.14. The largest absolute Gasteiger partial charge is 0.497 e. The molecule has 5 rings (SSSR count). The highest BCUT2D eigenvalue weighted by atomic mass is 32.1. The fraction of sp³-hybridized carbons (Fsp3) is 0.105. The van der Waals surface area contributed by atoms with E-state index in [9.17, 15) is 0 Å². The Kier molecular flexibility index (Phi) is 3.46. The number of methoxy groups -OCH3 is 1. The van der Waals surface area contributed by atoms with Crippen LogP contribution in [0, 0.1) is 0 Å². The van der Waals surface area contributed by atoms with Crippen LogP contribution in [0.4, 0.5) is 0 Å². The summed E-state index contributed by atoms with van der Waals surface area (Å²) in [5.41, 5.74) is 3.24. The number of H-pyrrole nitrogens is 1. The summed E-state index contributed by atoms with van der Waals surface area (Å²) in [6.45, 7) is 0. The van der Waals surface area contributed by atoms with Crippen molar-refractivity contribution in [2.75, 3.05) is 7.11 Å². The van der Waals surface area contributed by atoms with Crippen molar-refractivity contribution in [2.24, 2.45) is 0 Å². The maximum Gasteiger partial charge on any atom is 0.235 e. The number of aromatic nitrogens is 5. The van der Waals surface area contributed by atoms with Crippen LogP contribution in [0.5, 0.6) is 5.75 Å². The van der Waals surface area contributed by atoms with Crippen molar-refractivity contribution >= 4 is 27.2 Å². The highest BCUT2D eigenvalue weighted by Crippen LogP contribution is 2.28. The molecule has 3 aromatic heterocycles. The summed E-state index contributed by atoms with van der Waals surface area (Å²) in [4.78, 5) is 4.21. The molecule has 0 atom stereocenters. The Morgan fingerprint density at radius 3 is 2.73 bits per heavy atom. The number of rotatable bonds is 4. The summed E-state index contributed by atoms with van der Waals surface area (Å²) in [7, 11) is 1.66. The third kappa shape index (κ3) is 2.53. The maximum atomic E-state index is 5.20. The molecule has 0 radical (unpaired) electrons. The van der Waals surface area contributed by atoms with Crippen molar-refractivity contribution in [3.8, 4) is 16.5 Å². The molecule has 0 unspecified atom stereocenters. The van der Waals surface area contributed by atoms with Gasteiger partial charge in [0, 0.05) is 17.3 Å². The molecule has 2 aromatic carbocycles. The van der Waals surface area contributed by atoms with Crippen LogP contribution in [0.3, 0.4) is 0 Å². The van der Waals surface area contributed by atoms with Crippen LogP contribution in [0.1, 0.15) is 11.4 Å². The van der Waals surface area contributed by atoms with Gasteiger partial charge in [-0.15, -0.1) is 10.2 Å². The Balaban J connectivity index is 1.50. The minimum absolute atomic E-state index is 0.668. The SMILES string of the molecule is COc1ccc(Cc2nnc3sc(-c4cc5ccccc5[nH]4)nn23)cc1. The number of fused-ring (bicyclic) bond motifs is 2. The van der Waals surface area contributed by atoms with Crippen LogP contribution >= 0.6 is 11.3 Å². The zero-order valence-corrected chi connectivity index (χ0v) is 14.8. The quantitative estimate of drug-likeness (QED) is 0.527. The van der Waals surface area contributed by atoms with Gasteiger partial charge in [0.25, 0.3) is 0 Å². The average molecular weight is 361 g/mol. The zero-order chi connectivity index (χ0) is 17.5. The second-order valence-corrected chi connectivity index (χ2v) is 6.97. The highest BCUT2D eigenvalue weighted by molar-refractivity contribution is 7.19. The van der Waals surface area contributed by atoms with Gasteiger partial charge in [-0.25, -0.2) is 0 Å². The first-order chi connectivity index (χ1) is 12.8. The lowest BCUT2D eigenvalue weighted by Crippen LogP contribution is -1.98. The predicted octanol–water partition coefficient (Wildman–Crippen LogP) is 3.93. The van der Waals surface area contributed by atoms with Crippen molar-refractivity contribution in [2.45, 2.75) is 6.42 Å². The van der Waals surface area contributed by atoms with Crippen LogP contribution in [0.2, 0.25) is 0 Å². The first kappa shape index (κ1) is 15.1. The summed E-state index contributed by atoms with van der Waals surface area (Å²) >= 11 is 1.53. The summed E-state index contributed by atoms with van der Waals surface area (Å²) in [5.74, 6) is 1.67. The van der Waals surface area contributed by atoms with E-state index in [2.05, 4.69) is 33.4 Å². The van der Waals surface area contributed by atoms with E-state index >= 15 is 0 Å². The molecule has 1 N–H and O–H groups in total. The number of hydrogen-bond acceptors (Lipinski definition) is 5. The van der Waals surface area contributed by atoms with Gasteiger partial charge in [0.15, 0.2) is 10.8 Å². The topological polar surface area (TPSA) is 68.1 Å². The lowest BCUT2D eigenvalue weighted by Gasteiger charge is -2.01. The minimum atomic E-state index is 0.668. The number of nitrogens with one attached hydrogen (secondary N) is 1. The van der Waals surface area contributed by atoms with E-state index in [0.29, 0.717) is 6.42 Å². The summed E-state index contributed by atoms with van der Waals surface area (Å²) in [6.07, 6.45) is 0.668. The van der Waals surface area contributed by atoms with Gasteiger partial charge in [-0.2, -0.15) is 9.61 Å². The second-order valence-electron chi connectivity index (χ2n) is 6.01. The number of aromatic amines is 1. The molecule has 0 aliphatic carbocycles. The van der Waals surface area contributed by atoms with Gasteiger partial charge >= 0.3 is 0 Å². The molecule has 0 saturated heterocycles. The molecular formula is C19H15N5OS. The Bertz CT molecular complexity index is 1170. The predicted molar refractivity (Wildman–Crippen MR) is 102 cm³/mol. The first-order valence-electron chi connectivity index (χ1n) is 8.22. The van der Waals surface area contributed by atoms with Crippen molar-refractivity contribution < 1.29 is 4.74 Å². The van der Waals surface area contributed by atoms with Gasteiger partial charge in [-0.05, 0) is 29.8 Å². The van der Waals surface area contributed by atoms with Gasteiger partial charge in [-0.1, -0.05) is 41.7 Å². The van der Waals surface area contributed by atoms with Crippen molar-refractivity contribution in [3.05, 3.63) is 66.0 Å². The van der Waals surface area contributed by atoms with Gasteiger partial charge in [0.2, 0.25) is 4.96 Å². The molecule has 128 valence electrons. The number of nitrogens with zero attached hydrogens (tertiary/aromatic N) is 4. The first-order valence-corrected chi connectivity index (χ1v) is 9.04. The Morgan fingerprint density at radius 2 is 1.92 bits per heavy atom. The number of hydrogen-bond donors (Lipinski definition) is 1. The molecule has 0 amide bonds. The van der Waals surface area contributed by atoms with E-state index in [-0.39, 0.29) is 0 Å². The Morgan fingerprint density at radius 1 is 1.08 bits per heavy atom. The standard InChI is InChI=1S/C19H15N5OS/c1-25-14-8-6-12(7-9-14)10-17-21-22-19-24(17)23-18(26-19)16-11-13-4-2-3-5-15(13)20-16/h2-9,11,20H,10H2,1H3. The molecule has 0 spiro atoms. The third-order valence-corrected chi connectivity index (χ3v) is 5.27. The molecular weight excluding hydrogens is 346 g/mol. The van der Waals surface area contributed by atoms with Gasteiger partial charge < -0.3 is 9.72 Å². The van der Waals surface area contributed by atoms with Crippen molar-refractivity contribution in [1.82, 2.24) is 24.8 Å². The monoisotopic (exact) mass is 361 g/mol. The van der Waals surface area contributed by atoms with E-state index in [4.69, 9.17) is 9.84 Å². The summed E-state index contributed by atoms with van der Waals surface area (Å²) in [6, 6.07) is 18.3. The molecule has 6 nitrogen and oxygen atoms in total. The van der Waals surface area contributed by atoms with E-state index in [1.165, 1.54) is 16.7 Å². The summed E-state index contributed by atoms with van der Waals surface area (Å²) in [5, 5.41) is 15.4. The Labute approximate surface area is 153 Å². The molecule has 3 heterocycles.